The Balaban J connectivity index is 2.25. The zero-order chi connectivity index (χ0) is 13.3. The van der Waals surface area contributed by atoms with Crippen LogP contribution in [0.15, 0.2) is 18.2 Å². The second kappa shape index (κ2) is 4.88. The van der Waals surface area contributed by atoms with Gasteiger partial charge in [-0.1, -0.05) is 20.8 Å². The lowest BCUT2D eigenvalue weighted by Gasteiger charge is -2.34. The predicted molar refractivity (Wildman–Crippen MR) is 74.8 cm³/mol. The molecule has 1 saturated heterocycles. The maximum atomic E-state index is 13.8. The molecule has 100 valence electrons. The zero-order valence-electron chi connectivity index (χ0n) is 11.8. The van der Waals surface area contributed by atoms with Gasteiger partial charge in [-0.2, -0.15) is 0 Å². The Kier molecular flexibility index (Phi) is 3.62. The summed E-state index contributed by atoms with van der Waals surface area (Å²) in [6.07, 6.45) is 0. The van der Waals surface area contributed by atoms with Gasteiger partial charge in [0.25, 0.3) is 0 Å². The standard InChI is InChI=1S/C15H23FN2/c1-15(2,3)12-9-13(16)11-14(10-12)18-7-5-17(4)6-8-18/h9-11H,5-8H2,1-4H3. The van der Waals surface area contributed by atoms with E-state index in [0.29, 0.717) is 0 Å². The molecule has 0 spiro atoms. The summed E-state index contributed by atoms with van der Waals surface area (Å²) in [5, 5.41) is 0. The van der Waals surface area contributed by atoms with Crippen LogP contribution in [0.25, 0.3) is 0 Å². The third-order valence-corrected chi connectivity index (χ3v) is 3.62. The second-order valence-electron chi connectivity index (χ2n) is 6.24. The maximum Gasteiger partial charge on any atom is 0.125 e. The molecule has 3 heteroatoms. The second-order valence-corrected chi connectivity index (χ2v) is 6.24. The summed E-state index contributed by atoms with van der Waals surface area (Å²) in [4.78, 5) is 4.58. The van der Waals surface area contributed by atoms with Gasteiger partial charge in [0.2, 0.25) is 0 Å². The lowest BCUT2D eigenvalue weighted by atomic mass is 9.86. The van der Waals surface area contributed by atoms with Crippen molar-refractivity contribution in [1.82, 2.24) is 4.90 Å². The van der Waals surface area contributed by atoms with Crippen molar-refractivity contribution in [1.29, 1.82) is 0 Å². The van der Waals surface area contributed by atoms with Crippen molar-refractivity contribution in [3.63, 3.8) is 0 Å². The number of piperazine rings is 1. The summed E-state index contributed by atoms with van der Waals surface area (Å²) in [5.41, 5.74) is 2.08. The minimum Gasteiger partial charge on any atom is -0.369 e. The first-order valence-corrected chi connectivity index (χ1v) is 6.61. The van der Waals surface area contributed by atoms with Crippen molar-refractivity contribution in [3.05, 3.63) is 29.6 Å². The average Bonchev–Trinajstić information content (AvgIpc) is 2.28. The minimum absolute atomic E-state index is 0.0105. The fraction of sp³-hybridized carbons (Fsp3) is 0.600. The van der Waals surface area contributed by atoms with Crippen LogP contribution >= 0.6 is 0 Å². The van der Waals surface area contributed by atoms with Gasteiger partial charge in [0, 0.05) is 31.9 Å². The number of rotatable bonds is 1. The van der Waals surface area contributed by atoms with Crippen molar-refractivity contribution in [3.8, 4) is 0 Å². The number of nitrogens with zero attached hydrogens (tertiary/aromatic N) is 2. The van der Waals surface area contributed by atoms with Gasteiger partial charge in [0.05, 0.1) is 0 Å². The normalized spacial score (nSPS) is 18.2. The van der Waals surface area contributed by atoms with Crippen LogP contribution in [0, 0.1) is 5.82 Å². The van der Waals surface area contributed by atoms with E-state index in [4.69, 9.17) is 0 Å². The first kappa shape index (κ1) is 13.3. The number of hydrogen-bond donors (Lipinski definition) is 0. The number of anilines is 1. The van der Waals surface area contributed by atoms with E-state index < -0.39 is 0 Å². The molecule has 1 fully saturated rings. The Morgan fingerprint density at radius 3 is 2.17 bits per heavy atom. The highest BCUT2D eigenvalue weighted by molar-refractivity contribution is 5.50. The van der Waals surface area contributed by atoms with E-state index in [1.807, 2.05) is 0 Å². The third-order valence-electron chi connectivity index (χ3n) is 3.62. The molecule has 18 heavy (non-hydrogen) atoms. The lowest BCUT2D eigenvalue weighted by Crippen LogP contribution is -2.44. The van der Waals surface area contributed by atoms with Crippen LogP contribution in [0.3, 0.4) is 0 Å². The molecule has 0 aromatic heterocycles. The Bertz CT molecular complexity index is 415. The molecular weight excluding hydrogens is 227 g/mol. The fourth-order valence-corrected chi connectivity index (χ4v) is 2.25. The maximum absolute atomic E-state index is 13.8. The van der Waals surface area contributed by atoms with Crippen LogP contribution in [0.1, 0.15) is 26.3 Å². The quantitative estimate of drug-likeness (QED) is 0.756. The van der Waals surface area contributed by atoms with Crippen molar-refractivity contribution < 1.29 is 4.39 Å². The molecule has 1 aliphatic rings. The van der Waals surface area contributed by atoms with Crippen LogP contribution in [0.2, 0.25) is 0 Å². The summed E-state index contributed by atoms with van der Waals surface area (Å²) >= 11 is 0. The van der Waals surface area contributed by atoms with Crippen molar-refractivity contribution in [2.45, 2.75) is 26.2 Å². The fourth-order valence-electron chi connectivity index (χ4n) is 2.25. The van der Waals surface area contributed by atoms with E-state index in [-0.39, 0.29) is 11.2 Å². The number of likely N-dealkylation sites (N-methyl/N-ethyl adjacent to an activating group) is 1. The number of hydrogen-bond acceptors (Lipinski definition) is 2. The summed E-state index contributed by atoms with van der Waals surface area (Å²) in [5.74, 6) is -0.128. The van der Waals surface area contributed by atoms with Crippen molar-refractivity contribution in [2.75, 3.05) is 38.1 Å². The van der Waals surface area contributed by atoms with Crippen molar-refractivity contribution in [2.24, 2.45) is 0 Å². The monoisotopic (exact) mass is 250 g/mol. The minimum atomic E-state index is -0.128. The largest absolute Gasteiger partial charge is 0.369 e. The Morgan fingerprint density at radius 1 is 1.00 bits per heavy atom. The molecular formula is C15H23FN2. The molecule has 0 saturated carbocycles. The predicted octanol–water partition coefficient (Wildman–Crippen LogP) is 2.88. The molecule has 0 atom stereocenters. The molecule has 1 aromatic carbocycles. The Hall–Kier alpha value is -1.09. The zero-order valence-corrected chi connectivity index (χ0v) is 11.8. The molecule has 1 aliphatic heterocycles. The van der Waals surface area contributed by atoms with Gasteiger partial charge in [-0.15, -0.1) is 0 Å². The van der Waals surface area contributed by atoms with Gasteiger partial charge >= 0.3 is 0 Å². The van der Waals surface area contributed by atoms with Gasteiger partial charge in [0.15, 0.2) is 0 Å². The van der Waals surface area contributed by atoms with Gasteiger partial charge in [-0.25, -0.2) is 4.39 Å². The van der Waals surface area contributed by atoms with Crippen LogP contribution in [-0.2, 0) is 5.41 Å². The van der Waals surface area contributed by atoms with Gasteiger partial charge < -0.3 is 9.80 Å². The van der Waals surface area contributed by atoms with E-state index in [0.717, 1.165) is 37.4 Å². The molecule has 0 amide bonds. The van der Waals surface area contributed by atoms with E-state index in [9.17, 15) is 4.39 Å². The highest BCUT2D eigenvalue weighted by Gasteiger charge is 2.19. The van der Waals surface area contributed by atoms with Crippen LogP contribution in [0.5, 0.6) is 0 Å². The third kappa shape index (κ3) is 3.02. The summed E-state index contributed by atoms with van der Waals surface area (Å²) in [6, 6.07) is 5.44. The van der Waals surface area contributed by atoms with Crippen LogP contribution in [0.4, 0.5) is 10.1 Å². The van der Waals surface area contributed by atoms with Crippen molar-refractivity contribution >= 4 is 5.69 Å². The SMILES string of the molecule is CN1CCN(c2cc(F)cc(C(C)(C)C)c2)CC1. The van der Waals surface area contributed by atoms with Gasteiger partial charge in [-0.05, 0) is 36.2 Å². The number of benzene rings is 1. The first-order chi connectivity index (χ1) is 8.36. The highest BCUT2D eigenvalue weighted by atomic mass is 19.1. The molecule has 2 nitrogen and oxygen atoms in total. The highest BCUT2D eigenvalue weighted by Crippen LogP contribution is 2.28. The van der Waals surface area contributed by atoms with Gasteiger partial charge in [0.1, 0.15) is 5.82 Å². The summed E-state index contributed by atoms with van der Waals surface area (Å²) < 4.78 is 13.8. The van der Waals surface area contributed by atoms with E-state index in [2.05, 4.69) is 43.7 Å². The molecule has 1 aromatic rings. The Labute approximate surface area is 109 Å². The van der Waals surface area contributed by atoms with E-state index in [1.165, 1.54) is 0 Å². The van der Waals surface area contributed by atoms with Crippen LogP contribution in [-0.4, -0.2) is 38.1 Å². The topological polar surface area (TPSA) is 6.48 Å². The average molecular weight is 250 g/mol. The van der Waals surface area contributed by atoms with Crippen LogP contribution < -0.4 is 4.90 Å². The number of halogens is 1. The van der Waals surface area contributed by atoms with E-state index >= 15 is 0 Å². The molecule has 0 aliphatic carbocycles. The molecule has 1 heterocycles. The van der Waals surface area contributed by atoms with Gasteiger partial charge in [-0.3, -0.25) is 0 Å². The van der Waals surface area contributed by atoms with E-state index in [1.54, 1.807) is 12.1 Å². The molecule has 0 bridgehead atoms. The smallest absolute Gasteiger partial charge is 0.125 e. The first-order valence-electron chi connectivity index (χ1n) is 6.61. The molecule has 2 rings (SSSR count). The Morgan fingerprint density at radius 2 is 1.61 bits per heavy atom. The lowest BCUT2D eigenvalue weighted by molar-refractivity contribution is 0.312. The summed E-state index contributed by atoms with van der Waals surface area (Å²) in [7, 11) is 2.13. The molecule has 0 unspecified atom stereocenters. The summed E-state index contributed by atoms with van der Waals surface area (Å²) in [6.45, 7) is 10.4. The molecule has 0 radical (unpaired) electrons. The molecule has 0 N–H and O–H groups in total.